The lowest BCUT2D eigenvalue weighted by Gasteiger charge is -2.26. The lowest BCUT2D eigenvalue weighted by Crippen LogP contribution is -2.50. The number of hydrogen-bond donors (Lipinski definition) is 9. The van der Waals surface area contributed by atoms with Gasteiger partial charge in [0.15, 0.2) is 0 Å². The Kier molecular flexibility index (Phi) is 17.1. The predicted octanol–water partition coefficient (Wildman–Crippen LogP) is 6.93. The molecule has 10 N–H and O–H groups in total. The van der Waals surface area contributed by atoms with Crippen LogP contribution in [-0.4, -0.2) is 110 Å². The first kappa shape index (κ1) is 58.9. The highest BCUT2D eigenvalue weighted by Gasteiger charge is 2.40. The molecule has 86 heavy (non-hydrogen) atoms. The molecule has 0 saturated carbocycles. The minimum Gasteiger partial charge on any atom is -0.508 e. The number of carboxylic acids is 1. The van der Waals surface area contributed by atoms with Crippen LogP contribution in [0.15, 0.2) is 106 Å². The van der Waals surface area contributed by atoms with Crippen molar-refractivity contribution in [3.63, 3.8) is 0 Å². The van der Waals surface area contributed by atoms with Gasteiger partial charge in [-0.15, -0.1) is 68.0 Å². The number of hydrogen-bond acceptors (Lipinski definition) is 23. The molecule has 24 nitrogen and oxygen atoms in total. The van der Waals surface area contributed by atoms with Crippen LogP contribution < -0.4 is 32.3 Å². The molecule has 2 aliphatic rings. The lowest BCUT2D eigenvalue weighted by atomic mass is 9.97. The third-order valence-corrected chi connectivity index (χ3v) is 19.2. The molecule has 7 unspecified atom stereocenters. The summed E-state index contributed by atoms with van der Waals surface area (Å²) in [7, 11) is 0. The average Bonchev–Trinajstić information content (AvgIpc) is 2.02. The van der Waals surface area contributed by atoms with Gasteiger partial charge in [-0.25, -0.2) is 39.7 Å². The monoisotopic (exact) mass is 1270 g/mol. The molecule has 30 heteroatoms. The Morgan fingerprint density at radius 2 is 1.31 bits per heavy atom. The van der Waals surface area contributed by atoms with Crippen molar-refractivity contribution in [3.8, 4) is 49.1 Å². The van der Waals surface area contributed by atoms with E-state index in [1.165, 1.54) is 50.9 Å². The second kappa shape index (κ2) is 25.0. The van der Waals surface area contributed by atoms with E-state index in [1.807, 2.05) is 6.92 Å². The molecule has 10 bridgehead atoms. The molecule has 6 amide bonds. The van der Waals surface area contributed by atoms with E-state index < -0.39 is 83.8 Å². The molecule has 0 aliphatic carbocycles. The predicted molar refractivity (Wildman–Crippen MR) is 320 cm³/mol. The second-order valence-corrected chi connectivity index (χ2v) is 25.2. The Balaban J connectivity index is 1.00. The molecule has 2 aliphatic heterocycles. The summed E-state index contributed by atoms with van der Waals surface area (Å²) in [5.41, 5.74) is 7.71. The number of rotatable bonds is 12. The van der Waals surface area contributed by atoms with Gasteiger partial charge < -0.3 is 52.4 Å². The minimum atomic E-state index is -1.42. The van der Waals surface area contributed by atoms with Gasteiger partial charge in [0.25, 0.3) is 23.6 Å². The summed E-state index contributed by atoms with van der Waals surface area (Å²) < 4.78 is 5.74. The van der Waals surface area contributed by atoms with Gasteiger partial charge in [-0.1, -0.05) is 56.0 Å². The van der Waals surface area contributed by atoms with Gasteiger partial charge in [-0.2, -0.15) is 0 Å². The number of benzene rings is 2. The number of thiazole rings is 6. The highest BCUT2D eigenvalue weighted by Crippen LogP contribution is 2.40. The van der Waals surface area contributed by atoms with Gasteiger partial charge in [-0.3, -0.25) is 28.8 Å². The largest absolute Gasteiger partial charge is 0.508 e. The summed E-state index contributed by atoms with van der Waals surface area (Å²) in [5, 5.41) is 55.1. The number of aliphatic hydroxyl groups is 1. The number of amides is 6. The number of ether oxygens (including phenoxy) is 1. The number of aryl methyl sites for hydroxylation is 1. The van der Waals surface area contributed by atoms with Crippen LogP contribution in [0.2, 0.25) is 0 Å². The van der Waals surface area contributed by atoms with Crippen LogP contribution in [0, 0.1) is 12.8 Å². The maximum atomic E-state index is 14.8. The summed E-state index contributed by atoms with van der Waals surface area (Å²) in [4.78, 5) is 129. The first-order valence-corrected chi connectivity index (χ1v) is 31.2. The molecule has 2 aromatic carbocycles. The third kappa shape index (κ3) is 13.0. The zero-order chi connectivity index (χ0) is 60.5. The molecule has 9 aromatic rings. The van der Waals surface area contributed by atoms with Crippen LogP contribution in [0.5, 0.6) is 5.75 Å². The van der Waals surface area contributed by atoms with Crippen molar-refractivity contribution in [1.82, 2.24) is 61.5 Å². The molecule has 1 fully saturated rings. The number of carbonyl (C=O) groups excluding carboxylic acids is 6. The molecule has 1 saturated heterocycles. The number of nitrogens with zero attached hydrogens (tertiary/aromatic N) is 7. The summed E-state index contributed by atoms with van der Waals surface area (Å²) in [6.07, 6.45) is -2.08. The molecule has 9 heterocycles. The second-order valence-electron chi connectivity index (χ2n) is 19.7. The number of phenolic OH excluding ortho intramolecular Hbond substituents is 1. The number of carbonyl (C=O) groups is 7. The fourth-order valence-corrected chi connectivity index (χ4v) is 14.3. The molecule has 0 spiro atoms. The van der Waals surface area contributed by atoms with Crippen molar-refractivity contribution in [2.45, 2.75) is 63.1 Å². The van der Waals surface area contributed by atoms with E-state index in [0.717, 1.165) is 45.3 Å². The van der Waals surface area contributed by atoms with Crippen LogP contribution in [0.1, 0.15) is 111 Å². The molecule has 7 atom stereocenters. The summed E-state index contributed by atoms with van der Waals surface area (Å²) in [6.45, 7) is 7.34. The van der Waals surface area contributed by atoms with E-state index in [1.54, 1.807) is 72.3 Å². The first-order chi connectivity index (χ1) is 41.3. The van der Waals surface area contributed by atoms with Gasteiger partial charge in [0, 0.05) is 49.7 Å². The normalized spacial score (nSPS) is 18.8. The SMILES string of the molecule is C=C(NC(=O)c1csc(-c2ccc3c(n2)-c2csc(n2)-c2csc(n2)C(C(C)C2CO2)NC(=O)C(Cc2ccc(O)cc2)NC(=O)c2csc(n2)C(C(O)c2ccccc2)NC(=O)c2nc(sc2C)C(CC(N)=O)NC(=O)c2csc-3n2)n1)C(=O)O. The third-order valence-electron chi connectivity index (χ3n) is 13.7. The number of aromatic nitrogens is 7. The standard InChI is InChI=1S/C56H47N13O11S6/c1-23(38-17-80-38)40-54-66-37(22-85-54)52-62-33(18-82-52)42-29(13-14-30(59-42)51-64-34(20-83-51)46(74)58-24(2)56(78)79)50-63-35(19-81-50)48(76)61-32(16-39(57)71)53-69-41(25(3)86-53)49(77)68-43(44(72)27-7-5-4-6-8-27)55-65-36(21-84-55)47(75)60-31(45(73)67-40)15-26-9-11-28(70)12-10-26/h4-14,18-23,31-32,38,40,43-44,70,72H,2,15-17H2,1,3H3,(H2,57,71)(H,58,74)(H,60,75)(H,61,76)(H,67,73)(H,68,77)(H,78,79). The zero-order valence-corrected chi connectivity index (χ0v) is 49.8. The van der Waals surface area contributed by atoms with Crippen molar-refractivity contribution < 1.29 is 53.6 Å². The van der Waals surface area contributed by atoms with Crippen LogP contribution >= 0.6 is 68.0 Å². The number of aromatic hydroxyl groups is 1. The van der Waals surface area contributed by atoms with E-state index in [9.17, 15) is 48.9 Å². The van der Waals surface area contributed by atoms with E-state index in [2.05, 4.69) is 48.1 Å². The maximum Gasteiger partial charge on any atom is 0.351 e. The first-order valence-electron chi connectivity index (χ1n) is 26.0. The number of primary amides is 1. The number of carboxylic acid groups (broad SMARTS) is 1. The fourth-order valence-electron chi connectivity index (χ4n) is 9.05. The molecule has 7 aromatic heterocycles. The number of phenols is 1. The van der Waals surface area contributed by atoms with Crippen molar-refractivity contribution in [3.05, 3.63) is 160 Å². The number of aliphatic carboxylic acids is 1. The minimum absolute atomic E-state index is 0.00126. The Hall–Kier alpha value is -8.88. The van der Waals surface area contributed by atoms with Crippen molar-refractivity contribution >= 4 is 109 Å². The van der Waals surface area contributed by atoms with Gasteiger partial charge in [0.2, 0.25) is 11.8 Å². The van der Waals surface area contributed by atoms with E-state index in [0.29, 0.717) is 71.0 Å². The molecular weight excluding hydrogens is 1220 g/mol. The number of fused-ring (bicyclic) bond motifs is 14. The Labute approximate surface area is 511 Å². The van der Waals surface area contributed by atoms with E-state index in [4.69, 9.17) is 30.4 Å². The number of nitrogens with two attached hydrogens (primary N) is 1. The molecule has 0 radical (unpaired) electrons. The van der Waals surface area contributed by atoms with E-state index >= 15 is 0 Å². The van der Waals surface area contributed by atoms with Crippen molar-refractivity contribution in [2.24, 2.45) is 11.7 Å². The Morgan fingerprint density at radius 1 is 0.686 bits per heavy atom. The van der Waals surface area contributed by atoms with Gasteiger partial charge >= 0.3 is 5.97 Å². The van der Waals surface area contributed by atoms with Gasteiger partial charge in [-0.05, 0) is 42.3 Å². The van der Waals surface area contributed by atoms with Crippen LogP contribution in [0.4, 0.5) is 0 Å². The number of epoxide rings is 1. The number of pyridine rings is 1. The summed E-state index contributed by atoms with van der Waals surface area (Å²) >= 11 is 6.74. The highest BCUT2D eigenvalue weighted by atomic mass is 32.1. The number of aliphatic hydroxyl groups excluding tert-OH is 1. The molecule has 11 rings (SSSR count). The Morgan fingerprint density at radius 3 is 2.03 bits per heavy atom. The van der Waals surface area contributed by atoms with Gasteiger partial charge in [0.05, 0.1) is 36.9 Å². The number of nitrogens with one attached hydrogen (secondary N) is 5. The fraction of sp³-hybridized carbons (Fsp3) is 0.214. The lowest BCUT2D eigenvalue weighted by molar-refractivity contribution is -0.133. The molecule has 438 valence electrons. The maximum absolute atomic E-state index is 14.8. The quantitative estimate of drug-likeness (QED) is 0.0442. The van der Waals surface area contributed by atoms with Crippen LogP contribution in [0.25, 0.3) is 43.4 Å². The Bertz CT molecular complexity index is 4110. The summed E-state index contributed by atoms with van der Waals surface area (Å²) in [5.74, 6) is -6.10. The summed E-state index contributed by atoms with van der Waals surface area (Å²) in [6, 6.07) is 13.7. The highest BCUT2D eigenvalue weighted by molar-refractivity contribution is 7.15. The smallest absolute Gasteiger partial charge is 0.351 e. The molecular formula is C56H47N13O11S6. The topological polar surface area (TPSA) is 369 Å². The van der Waals surface area contributed by atoms with Crippen LogP contribution in [-0.2, 0) is 25.5 Å². The average molecular weight is 1270 g/mol. The zero-order valence-electron chi connectivity index (χ0n) is 44.9. The van der Waals surface area contributed by atoms with E-state index in [-0.39, 0.29) is 57.0 Å². The van der Waals surface area contributed by atoms with Crippen LogP contribution in [0.3, 0.4) is 0 Å². The van der Waals surface area contributed by atoms with Crippen molar-refractivity contribution in [1.29, 1.82) is 0 Å². The van der Waals surface area contributed by atoms with Gasteiger partial charge in [0.1, 0.15) is 99.5 Å². The van der Waals surface area contributed by atoms with Crippen molar-refractivity contribution in [2.75, 3.05) is 6.61 Å².